The Morgan fingerprint density at radius 1 is 1.03 bits per heavy atom. The van der Waals surface area contributed by atoms with Crippen LogP contribution >= 0.6 is 0 Å². The first kappa shape index (κ1) is 20.5. The third-order valence-electron chi connectivity index (χ3n) is 5.13. The van der Waals surface area contributed by atoms with E-state index in [1.165, 1.54) is 24.3 Å². The highest BCUT2D eigenvalue weighted by Gasteiger charge is 2.24. The average Bonchev–Trinajstić information content (AvgIpc) is 2.74. The second kappa shape index (κ2) is 9.32. The second-order valence-corrected chi connectivity index (χ2v) is 7.12. The van der Waals surface area contributed by atoms with E-state index in [0.29, 0.717) is 18.7 Å². The zero-order valence-corrected chi connectivity index (χ0v) is 15.9. The van der Waals surface area contributed by atoms with Gasteiger partial charge in [0.2, 0.25) is 5.91 Å². The van der Waals surface area contributed by atoms with Gasteiger partial charge in [-0.25, -0.2) is 9.18 Å². The van der Waals surface area contributed by atoms with Gasteiger partial charge >= 0.3 is 5.97 Å². The highest BCUT2D eigenvalue weighted by Crippen LogP contribution is 2.27. The number of carbonyl (C=O) groups excluding carboxylic acids is 2. The maximum atomic E-state index is 12.9. The first-order chi connectivity index (χ1) is 13.9. The predicted octanol–water partition coefficient (Wildman–Crippen LogP) is 3.05. The molecule has 1 fully saturated rings. The molecule has 0 saturated carbocycles. The third kappa shape index (κ3) is 5.40. The van der Waals surface area contributed by atoms with Gasteiger partial charge in [-0.15, -0.1) is 0 Å². The summed E-state index contributed by atoms with van der Waals surface area (Å²) in [5, 5.41) is 11.7. The van der Waals surface area contributed by atoms with E-state index < -0.39 is 11.8 Å². The molecular formula is C22H23FN2O4. The van der Waals surface area contributed by atoms with Gasteiger partial charge in [0.25, 0.3) is 5.91 Å². The average molecular weight is 398 g/mol. The van der Waals surface area contributed by atoms with Crippen molar-refractivity contribution in [2.24, 2.45) is 0 Å². The Balaban J connectivity index is 1.49. The molecule has 7 heteroatoms. The lowest BCUT2D eigenvalue weighted by Gasteiger charge is -2.33. The van der Waals surface area contributed by atoms with E-state index in [2.05, 4.69) is 5.32 Å². The van der Waals surface area contributed by atoms with Crippen molar-refractivity contribution in [1.82, 2.24) is 10.2 Å². The molecule has 1 aliphatic heterocycles. The lowest BCUT2D eigenvalue weighted by atomic mass is 9.90. The van der Waals surface area contributed by atoms with E-state index in [0.717, 1.165) is 18.4 Å². The second-order valence-electron chi connectivity index (χ2n) is 7.12. The minimum Gasteiger partial charge on any atom is -0.478 e. The van der Waals surface area contributed by atoms with Crippen LogP contribution < -0.4 is 5.32 Å². The van der Waals surface area contributed by atoms with Crippen LogP contribution in [0.1, 0.15) is 51.5 Å². The summed E-state index contributed by atoms with van der Waals surface area (Å²) in [7, 11) is 0. The summed E-state index contributed by atoms with van der Waals surface area (Å²) in [5.41, 5.74) is 1.62. The minimum atomic E-state index is -0.959. The molecule has 29 heavy (non-hydrogen) atoms. The van der Waals surface area contributed by atoms with Gasteiger partial charge in [0, 0.05) is 37.5 Å². The first-order valence-corrected chi connectivity index (χ1v) is 9.59. The molecule has 2 amide bonds. The Bertz CT molecular complexity index is 881. The summed E-state index contributed by atoms with van der Waals surface area (Å²) in [6, 6.07) is 12.0. The number of halogens is 1. The van der Waals surface area contributed by atoms with Gasteiger partial charge in [-0.2, -0.15) is 0 Å². The quantitative estimate of drug-likeness (QED) is 0.783. The monoisotopic (exact) mass is 398 g/mol. The van der Waals surface area contributed by atoms with Crippen molar-refractivity contribution in [3.8, 4) is 0 Å². The molecule has 1 saturated heterocycles. The van der Waals surface area contributed by atoms with E-state index in [9.17, 15) is 18.8 Å². The van der Waals surface area contributed by atoms with Gasteiger partial charge < -0.3 is 15.3 Å². The Kier molecular flexibility index (Phi) is 6.59. The predicted molar refractivity (Wildman–Crippen MR) is 105 cm³/mol. The van der Waals surface area contributed by atoms with E-state index in [1.807, 2.05) is 12.1 Å². The first-order valence-electron chi connectivity index (χ1n) is 9.59. The van der Waals surface area contributed by atoms with Crippen molar-refractivity contribution in [2.75, 3.05) is 19.6 Å². The van der Waals surface area contributed by atoms with Crippen molar-refractivity contribution in [2.45, 2.75) is 25.2 Å². The Hall–Kier alpha value is -3.22. The molecule has 1 aliphatic rings. The summed E-state index contributed by atoms with van der Waals surface area (Å²) in [5.74, 6) is -1.57. The minimum absolute atomic E-state index is 0.0312. The van der Waals surface area contributed by atoms with Gasteiger partial charge in [0.15, 0.2) is 0 Å². The maximum Gasteiger partial charge on any atom is 0.335 e. The van der Waals surface area contributed by atoms with Crippen LogP contribution in [0.3, 0.4) is 0 Å². The number of hydrogen-bond donors (Lipinski definition) is 2. The highest BCUT2D eigenvalue weighted by molar-refractivity contribution is 5.94. The van der Waals surface area contributed by atoms with Crippen molar-refractivity contribution in [3.63, 3.8) is 0 Å². The molecule has 2 aromatic rings. The van der Waals surface area contributed by atoms with Gasteiger partial charge in [-0.3, -0.25) is 9.59 Å². The molecule has 3 rings (SSSR count). The topological polar surface area (TPSA) is 86.7 Å². The number of piperidine rings is 1. The molecule has 1 atom stereocenters. The molecule has 0 unspecified atom stereocenters. The van der Waals surface area contributed by atoms with E-state index in [-0.39, 0.29) is 36.3 Å². The van der Waals surface area contributed by atoms with Crippen LogP contribution in [-0.4, -0.2) is 47.4 Å². The van der Waals surface area contributed by atoms with Crippen molar-refractivity contribution in [1.29, 1.82) is 0 Å². The van der Waals surface area contributed by atoms with Crippen molar-refractivity contribution < 1.29 is 23.9 Å². The molecule has 0 bridgehead atoms. The Morgan fingerprint density at radius 2 is 1.69 bits per heavy atom. The number of aromatic carboxylic acids is 1. The van der Waals surface area contributed by atoms with E-state index >= 15 is 0 Å². The lowest BCUT2D eigenvalue weighted by molar-refractivity contribution is -0.132. The van der Waals surface area contributed by atoms with Crippen LogP contribution in [0.15, 0.2) is 48.5 Å². The fourth-order valence-electron chi connectivity index (χ4n) is 3.52. The highest BCUT2D eigenvalue weighted by atomic mass is 19.1. The van der Waals surface area contributed by atoms with Gasteiger partial charge in [0.05, 0.1) is 5.56 Å². The Labute approximate surface area is 168 Å². The van der Waals surface area contributed by atoms with Gasteiger partial charge in [-0.05, 0) is 54.8 Å². The summed E-state index contributed by atoms with van der Waals surface area (Å²) in [6.45, 7) is 1.47. The fraction of sp³-hybridized carbons (Fsp3) is 0.318. The third-order valence-corrected chi connectivity index (χ3v) is 5.13. The maximum absolute atomic E-state index is 12.9. The van der Waals surface area contributed by atoms with Crippen molar-refractivity contribution in [3.05, 3.63) is 71.0 Å². The van der Waals surface area contributed by atoms with E-state index in [1.54, 1.807) is 17.0 Å². The number of nitrogens with one attached hydrogen (secondary N) is 1. The molecule has 0 radical (unpaired) electrons. The molecule has 152 valence electrons. The summed E-state index contributed by atoms with van der Waals surface area (Å²) in [6.07, 6.45) is 2.01. The van der Waals surface area contributed by atoms with Crippen molar-refractivity contribution >= 4 is 17.8 Å². The summed E-state index contributed by atoms with van der Waals surface area (Å²) >= 11 is 0. The number of nitrogens with zero attached hydrogens (tertiary/aromatic N) is 1. The van der Waals surface area contributed by atoms with Gasteiger partial charge in [-0.1, -0.05) is 12.1 Å². The smallest absolute Gasteiger partial charge is 0.335 e. The zero-order valence-electron chi connectivity index (χ0n) is 15.9. The number of rotatable bonds is 6. The van der Waals surface area contributed by atoms with Crippen LogP contribution in [0.4, 0.5) is 4.39 Å². The largest absolute Gasteiger partial charge is 0.478 e. The molecule has 0 aliphatic carbocycles. The number of amides is 2. The van der Waals surface area contributed by atoms with Gasteiger partial charge in [0.1, 0.15) is 5.82 Å². The van der Waals surface area contributed by atoms with Crippen LogP contribution in [0.2, 0.25) is 0 Å². The molecule has 2 aromatic carbocycles. The van der Waals surface area contributed by atoms with Crippen LogP contribution in [0, 0.1) is 5.82 Å². The number of carboxylic acids is 1. The summed E-state index contributed by atoms with van der Waals surface area (Å²) in [4.78, 5) is 37.3. The number of likely N-dealkylation sites (tertiary alicyclic amines) is 1. The SMILES string of the molecule is O=C(O)c1ccc([C@H]2CCCN(C(=O)CCNC(=O)c3ccc(F)cc3)C2)cc1. The molecular weight excluding hydrogens is 375 g/mol. The number of benzene rings is 2. The van der Waals surface area contributed by atoms with Crippen LogP contribution in [0.5, 0.6) is 0 Å². The van der Waals surface area contributed by atoms with Crippen LogP contribution in [-0.2, 0) is 4.79 Å². The zero-order chi connectivity index (χ0) is 20.8. The molecule has 0 aromatic heterocycles. The lowest BCUT2D eigenvalue weighted by Crippen LogP contribution is -2.40. The summed E-state index contributed by atoms with van der Waals surface area (Å²) < 4.78 is 12.9. The normalized spacial score (nSPS) is 16.3. The standard InChI is InChI=1S/C22H23FN2O4/c23-19-9-7-16(8-10-19)21(27)24-12-11-20(26)25-13-1-2-18(14-25)15-3-5-17(6-4-15)22(28)29/h3-10,18H,1-2,11-14H2,(H,24,27)(H,28,29)/t18-/m0/s1. The number of carbonyl (C=O) groups is 3. The molecule has 0 spiro atoms. The molecule has 1 heterocycles. The molecule has 6 nitrogen and oxygen atoms in total. The number of hydrogen-bond acceptors (Lipinski definition) is 3. The molecule has 2 N–H and O–H groups in total. The Morgan fingerprint density at radius 3 is 2.34 bits per heavy atom. The van der Waals surface area contributed by atoms with Crippen LogP contribution in [0.25, 0.3) is 0 Å². The number of carboxylic acid groups (broad SMARTS) is 1. The van der Waals surface area contributed by atoms with E-state index in [4.69, 9.17) is 5.11 Å². The fourth-order valence-corrected chi connectivity index (χ4v) is 3.52.